The summed E-state index contributed by atoms with van der Waals surface area (Å²) in [5.74, 6) is -1.02. The largest absolute Gasteiger partial charge is 0.333 e. The maximum atomic E-state index is 13.7. The number of amides is 2. The van der Waals surface area contributed by atoms with Crippen molar-refractivity contribution in [1.29, 1.82) is 0 Å². The summed E-state index contributed by atoms with van der Waals surface area (Å²) >= 11 is 11.9. The molecular formula is C18H17Cl2FN2O2. The number of nitrogens with one attached hydrogen (secondary N) is 1. The van der Waals surface area contributed by atoms with E-state index in [-0.39, 0.29) is 24.8 Å². The van der Waals surface area contributed by atoms with Gasteiger partial charge in [0.2, 0.25) is 11.8 Å². The van der Waals surface area contributed by atoms with Gasteiger partial charge in [-0.25, -0.2) is 4.39 Å². The minimum absolute atomic E-state index is 0.160. The van der Waals surface area contributed by atoms with Gasteiger partial charge in [0.15, 0.2) is 0 Å². The summed E-state index contributed by atoms with van der Waals surface area (Å²) in [6.45, 7) is 1.43. The molecule has 4 nitrogen and oxygen atoms in total. The molecule has 0 bridgehead atoms. The van der Waals surface area contributed by atoms with Crippen molar-refractivity contribution < 1.29 is 14.0 Å². The Bertz CT molecular complexity index is 783. The molecule has 7 heteroatoms. The molecule has 0 radical (unpaired) electrons. The maximum Gasteiger partial charge on any atom is 0.244 e. The van der Waals surface area contributed by atoms with Crippen molar-refractivity contribution in [1.82, 2.24) is 4.90 Å². The van der Waals surface area contributed by atoms with Crippen LogP contribution >= 0.6 is 23.2 Å². The highest BCUT2D eigenvalue weighted by molar-refractivity contribution is 6.35. The van der Waals surface area contributed by atoms with E-state index in [1.807, 2.05) is 0 Å². The molecule has 0 unspecified atom stereocenters. The van der Waals surface area contributed by atoms with Crippen LogP contribution in [-0.4, -0.2) is 29.8 Å². The molecular weight excluding hydrogens is 366 g/mol. The van der Waals surface area contributed by atoms with Crippen LogP contribution in [-0.2, 0) is 16.0 Å². The van der Waals surface area contributed by atoms with E-state index in [1.165, 1.54) is 24.0 Å². The van der Waals surface area contributed by atoms with Gasteiger partial charge in [0.05, 0.1) is 17.3 Å². The first-order chi connectivity index (χ1) is 11.9. The van der Waals surface area contributed by atoms with Crippen LogP contribution in [0.2, 0.25) is 10.0 Å². The summed E-state index contributed by atoms with van der Waals surface area (Å²) in [7, 11) is 0. The van der Waals surface area contributed by atoms with Crippen LogP contribution < -0.4 is 5.32 Å². The first kappa shape index (κ1) is 19.2. The molecule has 0 aliphatic heterocycles. The van der Waals surface area contributed by atoms with Crippen molar-refractivity contribution in [2.24, 2.45) is 0 Å². The molecule has 0 aliphatic rings. The van der Waals surface area contributed by atoms with Crippen LogP contribution in [0.3, 0.4) is 0 Å². The minimum Gasteiger partial charge on any atom is -0.333 e. The first-order valence-corrected chi connectivity index (χ1v) is 8.36. The van der Waals surface area contributed by atoms with Gasteiger partial charge in [0.25, 0.3) is 0 Å². The highest BCUT2D eigenvalue weighted by Gasteiger charge is 2.15. The predicted molar refractivity (Wildman–Crippen MR) is 97.4 cm³/mol. The lowest BCUT2D eigenvalue weighted by molar-refractivity contribution is -0.132. The Morgan fingerprint density at radius 1 is 1.16 bits per heavy atom. The second kappa shape index (κ2) is 8.83. The molecule has 2 rings (SSSR count). The van der Waals surface area contributed by atoms with Gasteiger partial charge in [-0.2, -0.15) is 0 Å². The lowest BCUT2D eigenvalue weighted by Crippen LogP contribution is -2.38. The third-order valence-electron chi connectivity index (χ3n) is 3.59. The molecule has 0 heterocycles. The third kappa shape index (κ3) is 5.73. The van der Waals surface area contributed by atoms with E-state index in [0.29, 0.717) is 27.7 Å². The number of hydrogen-bond acceptors (Lipinski definition) is 2. The highest BCUT2D eigenvalue weighted by Crippen LogP contribution is 2.25. The summed E-state index contributed by atoms with van der Waals surface area (Å²) in [5.41, 5.74) is 0.865. The fourth-order valence-corrected chi connectivity index (χ4v) is 2.60. The van der Waals surface area contributed by atoms with Crippen LogP contribution in [0.1, 0.15) is 12.5 Å². The molecule has 25 heavy (non-hydrogen) atoms. The average Bonchev–Trinajstić information content (AvgIpc) is 2.56. The van der Waals surface area contributed by atoms with Crippen molar-refractivity contribution >= 4 is 40.7 Å². The molecule has 1 N–H and O–H groups in total. The van der Waals surface area contributed by atoms with Crippen molar-refractivity contribution in [2.75, 3.05) is 18.4 Å². The second-order valence-electron chi connectivity index (χ2n) is 5.45. The van der Waals surface area contributed by atoms with Gasteiger partial charge in [-0.3, -0.25) is 9.59 Å². The molecule has 0 spiro atoms. The Morgan fingerprint density at radius 3 is 2.56 bits per heavy atom. The van der Waals surface area contributed by atoms with Gasteiger partial charge in [0, 0.05) is 18.5 Å². The van der Waals surface area contributed by atoms with E-state index < -0.39 is 5.91 Å². The van der Waals surface area contributed by atoms with E-state index in [4.69, 9.17) is 23.2 Å². The summed E-state index contributed by atoms with van der Waals surface area (Å²) in [6.07, 6.45) is 0.317. The predicted octanol–water partition coefficient (Wildman–Crippen LogP) is 4.16. The lowest BCUT2D eigenvalue weighted by Gasteiger charge is -2.21. The number of rotatable bonds is 6. The van der Waals surface area contributed by atoms with Gasteiger partial charge in [-0.05, 0) is 36.2 Å². The van der Waals surface area contributed by atoms with E-state index in [1.54, 1.807) is 30.3 Å². The molecule has 0 aliphatic carbocycles. The standard InChI is InChI=1S/C18H17Cl2FN2O2/c1-12(24)23(9-8-13-4-2-3-5-16(13)21)11-18(25)22-17-10-14(19)6-7-15(17)20/h2-7,10H,8-9,11H2,1H3,(H,22,25). The van der Waals surface area contributed by atoms with E-state index >= 15 is 0 Å². The zero-order valence-electron chi connectivity index (χ0n) is 13.6. The van der Waals surface area contributed by atoms with Gasteiger partial charge >= 0.3 is 0 Å². The second-order valence-corrected chi connectivity index (χ2v) is 6.30. The Balaban J connectivity index is 1.98. The highest BCUT2D eigenvalue weighted by atomic mass is 35.5. The number of carbonyl (C=O) groups is 2. The van der Waals surface area contributed by atoms with Crippen LogP contribution in [0.15, 0.2) is 42.5 Å². The van der Waals surface area contributed by atoms with Crippen molar-refractivity contribution in [3.8, 4) is 0 Å². The summed E-state index contributed by atoms with van der Waals surface area (Å²) in [6, 6.07) is 11.0. The van der Waals surface area contributed by atoms with Crippen molar-refractivity contribution in [3.63, 3.8) is 0 Å². The van der Waals surface area contributed by atoms with Gasteiger partial charge in [0.1, 0.15) is 5.82 Å². The van der Waals surface area contributed by atoms with Gasteiger partial charge < -0.3 is 10.2 Å². The Labute approximate surface area is 155 Å². The zero-order chi connectivity index (χ0) is 18.4. The molecule has 0 saturated carbocycles. The number of anilines is 1. The Kier molecular flexibility index (Phi) is 6.79. The van der Waals surface area contributed by atoms with Crippen molar-refractivity contribution in [3.05, 3.63) is 63.9 Å². The summed E-state index contributed by atoms with van der Waals surface area (Å²) < 4.78 is 13.7. The minimum atomic E-state index is -0.409. The Morgan fingerprint density at radius 2 is 1.88 bits per heavy atom. The van der Waals surface area contributed by atoms with E-state index in [0.717, 1.165) is 0 Å². The number of benzene rings is 2. The Hall–Kier alpha value is -2.11. The molecule has 0 fully saturated rings. The molecule has 0 atom stereocenters. The fourth-order valence-electron chi connectivity index (χ4n) is 2.26. The summed E-state index contributed by atoms with van der Waals surface area (Å²) in [4.78, 5) is 25.3. The average molecular weight is 383 g/mol. The van der Waals surface area contributed by atoms with Crippen LogP contribution in [0.4, 0.5) is 10.1 Å². The number of nitrogens with zero attached hydrogens (tertiary/aromatic N) is 1. The number of hydrogen-bond donors (Lipinski definition) is 1. The molecule has 2 aromatic carbocycles. The molecule has 2 amide bonds. The van der Waals surface area contributed by atoms with Gasteiger partial charge in [-0.15, -0.1) is 0 Å². The quantitative estimate of drug-likeness (QED) is 0.814. The monoisotopic (exact) mass is 382 g/mol. The zero-order valence-corrected chi connectivity index (χ0v) is 15.1. The molecule has 2 aromatic rings. The molecule has 0 aromatic heterocycles. The lowest BCUT2D eigenvalue weighted by atomic mass is 10.1. The SMILES string of the molecule is CC(=O)N(CCc1ccccc1F)CC(=O)Nc1cc(Cl)ccc1Cl. The number of carbonyl (C=O) groups excluding carboxylic acids is 2. The molecule has 0 saturated heterocycles. The molecule has 132 valence electrons. The fraction of sp³-hybridized carbons (Fsp3) is 0.222. The van der Waals surface area contributed by atoms with Crippen LogP contribution in [0.25, 0.3) is 0 Å². The van der Waals surface area contributed by atoms with Crippen LogP contribution in [0, 0.1) is 5.82 Å². The van der Waals surface area contributed by atoms with Crippen molar-refractivity contribution in [2.45, 2.75) is 13.3 Å². The van der Waals surface area contributed by atoms with E-state index in [2.05, 4.69) is 5.32 Å². The smallest absolute Gasteiger partial charge is 0.244 e. The normalized spacial score (nSPS) is 10.4. The topological polar surface area (TPSA) is 49.4 Å². The summed E-state index contributed by atoms with van der Waals surface area (Å²) in [5, 5.41) is 3.40. The van der Waals surface area contributed by atoms with E-state index in [9.17, 15) is 14.0 Å². The van der Waals surface area contributed by atoms with Crippen LogP contribution in [0.5, 0.6) is 0 Å². The van der Waals surface area contributed by atoms with Gasteiger partial charge in [-0.1, -0.05) is 41.4 Å². The first-order valence-electron chi connectivity index (χ1n) is 7.60. The third-order valence-corrected chi connectivity index (χ3v) is 4.16. The number of halogens is 3. The maximum absolute atomic E-state index is 13.7.